The zero-order valence-corrected chi connectivity index (χ0v) is 15.8. The van der Waals surface area contributed by atoms with E-state index in [0.717, 1.165) is 5.56 Å². The number of nitrogens with zero attached hydrogens (tertiary/aromatic N) is 4. The summed E-state index contributed by atoms with van der Waals surface area (Å²) < 4.78 is 33.4. The summed E-state index contributed by atoms with van der Waals surface area (Å²) in [5.74, 6) is 0. The molecular weight excluding hydrogens is 370 g/mol. The number of nitrogens with one attached hydrogen (secondary N) is 1. The number of hydrogen-bond acceptors (Lipinski definition) is 5. The van der Waals surface area contributed by atoms with E-state index in [1.54, 1.807) is 29.2 Å². The average Bonchev–Trinajstić information content (AvgIpc) is 2.70. The molecule has 0 radical (unpaired) electrons. The Hall–Kier alpha value is -2.19. The monoisotopic (exact) mass is 393 g/mol. The Bertz CT molecular complexity index is 792. The molecule has 146 valence electrons. The van der Waals surface area contributed by atoms with Crippen LogP contribution < -0.4 is 5.32 Å². The maximum Gasteiger partial charge on any atom is 0.321 e. The van der Waals surface area contributed by atoms with Crippen molar-refractivity contribution in [2.24, 2.45) is 0 Å². The molecule has 2 fully saturated rings. The third-order valence-corrected chi connectivity index (χ3v) is 6.67. The first kappa shape index (κ1) is 19.6. The maximum absolute atomic E-state index is 12.6. The molecule has 0 aromatic heterocycles. The highest BCUT2D eigenvalue weighted by Crippen LogP contribution is 2.15. The van der Waals surface area contributed by atoms with Crippen molar-refractivity contribution in [3.63, 3.8) is 0 Å². The number of morpholine rings is 1. The first-order valence-electron chi connectivity index (χ1n) is 8.85. The van der Waals surface area contributed by atoms with E-state index in [1.807, 2.05) is 0 Å². The van der Waals surface area contributed by atoms with Crippen LogP contribution in [0.15, 0.2) is 24.3 Å². The predicted molar refractivity (Wildman–Crippen MR) is 99.2 cm³/mol. The molecule has 0 aliphatic carbocycles. The summed E-state index contributed by atoms with van der Waals surface area (Å²) in [5.41, 5.74) is 1.53. The molecule has 0 spiro atoms. The molecular formula is C17H23N5O4S. The lowest BCUT2D eigenvalue weighted by molar-refractivity contribution is 0.0691. The molecule has 10 heteroatoms. The number of carbonyl (C=O) groups excluding carboxylic acids is 1. The second kappa shape index (κ2) is 8.67. The minimum Gasteiger partial charge on any atom is -0.379 e. The van der Waals surface area contributed by atoms with Crippen molar-refractivity contribution in [3.05, 3.63) is 29.8 Å². The van der Waals surface area contributed by atoms with Crippen LogP contribution in [0.25, 0.3) is 0 Å². The van der Waals surface area contributed by atoms with Gasteiger partial charge in [0.2, 0.25) is 0 Å². The van der Waals surface area contributed by atoms with Gasteiger partial charge in [-0.1, -0.05) is 12.1 Å². The fraction of sp³-hybridized carbons (Fsp3) is 0.529. The van der Waals surface area contributed by atoms with Crippen molar-refractivity contribution >= 4 is 21.9 Å². The average molecular weight is 393 g/mol. The number of amides is 2. The van der Waals surface area contributed by atoms with Crippen LogP contribution in [-0.2, 0) is 21.4 Å². The Balaban J connectivity index is 1.52. The lowest BCUT2D eigenvalue weighted by Crippen LogP contribution is -2.56. The quantitative estimate of drug-likeness (QED) is 0.801. The lowest BCUT2D eigenvalue weighted by Gasteiger charge is -2.37. The SMILES string of the molecule is N#CCc1ccc(NC(=O)N2CCN(S(=O)(=O)N3CCOCC3)CC2)cc1. The molecule has 0 atom stereocenters. The number of hydrogen-bond donors (Lipinski definition) is 1. The lowest BCUT2D eigenvalue weighted by atomic mass is 10.1. The van der Waals surface area contributed by atoms with Crippen LogP contribution >= 0.6 is 0 Å². The standard InChI is InChI=1S/C17H23N5O4S/c18-6-5-15-1-3-16(4-2-15)19-17(23)20-7-9-21(10-8-20)27(24,25)22-11-13-26-14-12-22/h1-4H,5,7-14H2,(H,19,23). The van der Waals surface area contributed by atoms with Crippen molar-refractivity contribution in [1.29, 1.82) is 5.26 Å². The van der Waals surface area contributed by atoms with Gasteiger partial charge in [-0.05, 0) is 17.7 Å². The van der Waals surface area contributed by atoms with Crippen LogP contribution in [0, 0.1) is 11.3 Å². The minimum absolute atomic E-state index is 0.258. The van der Waals surface area contributed by atoms with Gasteiger partial charge in [-0.2, -0.15) is 22.3 Å². The number of piperazine rings is 1. The number of ether oxygens (including phenoxy) is 1. The summed E-state index contributed by atoms with van der Waals surface area (Å²) >= 11 is 0. The van der Waals surface area contributed by atoms with Crippen molar-refractivity contribution in [1.82, 2.24) is 13.5 Å². The number of nitriles is 1. The third-order valence-electron chi connectivity index (χ3n) is 4.64. The van der Waals surface area contributed by atoms with E-state index in [2.05, 4.69) is 11.4 Å². The van der Waals surface area contributed by atoms with Gasteiger partial charge in [-0.25, -0.2) is 4.79 Å². The molecule has 1 aromatic carbocycles. The Labute approximate surface area is 159 Å². The fourth-order valence-electron chi connectivity index (χ4n) is 3.06. The zero-order valence-electron chi connectivity index (χ0n) is 15.0. The van der Waals surface area contributed by atoms with E-state index in [9.17, 15) is 13.2 Å². The smallest absolute Gasteiger partial charge is 0.321 e. The van der Waals surface area contributed by atoms with Crippen molar-refractivity contribution in [2.45, 2.75) is 6.42 Å². The normalized spacial score (nSPS) is 19.4. The van der Waals surface area contributed by atoms with Gasteiger partial charge in [-0.15, -0.1) is 0 Å². The molecule has 2 aliphatic heterocycles. The van der Waals surface area contributed by atoms with Gasteiger partial charge in [0.25, 0.3) is 10.2 Å². The molecule has 0 unspecified atom stereocenters. The van der Waals surface area contributed by atoms with Gasteiger partial charge >= 0.3 is 6.03 Å². The number of benzene rings is 1. The van der Waals surface area contributed by atoms with Crippen molar-refractivity contribution < 1.29 is 17.9 Å². The topological polar surface area (TPSA) is 106 Å². The second-order valence-corrected chi connectivity index (χ2v) is 8.30. The first-order chi connectivity index (χ1) is 13.0. The van der Waals surface area contributed by atoms with Crippen LogP contribution in [0.2, 0.25) is 0 Å². The molecule has 3 rings (SSSR count). The summed E-state index contributed by atoms with van der Waals surface area (Å²) in [7, 11) is -3.50. The van der Waals surface area contributed by atoms with E-state index in [-0.39, 0.29) is 19.1 Å². The van der Waals surface area contributed by atoms with E-state index in [1.165, 1.54) is 8.61 Å². The van der Waals surface area contributed by atoms with E-state index in [4.69, 9.17) is 10.00 Å². The molecule has 2 aliphatic rings. The van der Waals surface area contributed by atoms with Crippen LogP contribution in [0.4, 0.5) is 10.5 Å². The van der Waals surface area contributed by atoms with Crippen molar-refractivity contribution in [3.8, 4) is 6.07 Å². The molecule has 2 saturated heterocycles. The molecule has 9 nitrogen and oxygen atoms in total. The van der Waals surface area contributed by atoms with Gasteiger partial charge in [0.15, 0.2) is 0 Å². The van der Waals surface area contributed by atoms with Gasteiger partial charge in [0.05, 0.1) is 25.7 Å². The molecule has 2 heterocycles. The summed E-state index contributed by atoms with van der Waals surface area (Å²) in [6, 6.07) is 8.92. The molecule has 1 N–H and O–H groups in total. The Morgan fingerprint density at radius 2 is 1.63 bits per heavy atom. The number of carbonyl (C=O) groups is 1. The first-order valence-corrected chi connectivity index (χ1v) is 10.2. The molecule has 2 amide bonds. The van der Waals surface area contributed by atoms with Crippen LogP contribution in [-0.4, -0.2) is 80.4 Å². The Morgan fingerprint density at radius 3 is 2.22 bits per heavy atom. The number of urea groups is 1. The molecule has 27 heavy (non-hydrogen) atoms. The van der Waals surface area contributed by atoms with E-state index < -0.39 is 10.2 Å². The summed E-state index contributed by atoms with van der Waals surface area (Å²) in [5, 5.41) is 11.5. The van der Waals surface area contributed by atoms with Crippen molar-refractivity contribution in [2.75, 3.05) is 57.8 Å². The highest BCUT2D eigenvalue weighted by atomic mass is 32.2. The predicted octanol–water partition coefficient (Wildman–Crippen LogP) is 0.479. The van der Waals surface area contributed by atoms with Crippen LogP contribution in [0.1, 0.15) is 5.56 Å². The molecule has 1 aromatic rings. The summed E-state index contributed by atoms with van der Waals surface area (Å²) in [6.45, 7) is 2.77. The Morgan fingerprint density at radius 1 is 1.04 bits per heavy atom. The third kappa shape index (κ3) is 4.75. The van der Waals surface area contributed by atoms with Gasteiger partial charge < -0.3 is 15.0 Å². The van der Waals surface area contributed by atoms with Gasteiger partial charge in [-0.3, -0.25) is 0 Å². The maximum atomic E-state index is 12.6. The number of rotatable bonds is 4. The van der Waals surface area contributed by atoms with Crippen LogP contribution in [0.3, 0.4) is 0 Å². The zero-order chi connectivity index (χ0) is 19.3. The largest absolute Gasteiger partial charge is 0.379 e. The fourth-order valence-corrected chi connectivity index (χ4v) is 4.62. The Kier molecular flexibility index (Phi) is 6.28. The highest BCUT2D eigenvalue weighted by Gasteiger charge is 2.34. The minimum atomic E-state index is -3.50. The van der Waals surface area contributed by atoms with Gasteiger partial charge in [0, 0.05) is 45.0 Å². The highest BCUT2D eigenvalue weighted by molar-refractivity contribution is 7.86. The van der Waals surface area contributed by atoms with E-state index in [0.29, 0.717) is 51.5 Å². The summed E-state index contributed by atoms with van der Waals surface area (Å²) in [6.07, 6.45) is 0.327. The molecule has 0 bridgehead atoms. The van der Waals surface area contributed by atoms with Gasteiger partial charge in [0.1, 0.15) is 0 Å². The van der Waals surface area contributed by atoms with E-state index >= 15 is 0 Å². The molecule has 0 saturated carbocycles. The number of anilines is 1. The summed E-state index contributed by atoms with van der Waals surface area (Å²) in [4.78, 5) is 14.0. The second-order valence-electron chi connectivity index (χ2n) is 6.37. The van der Waals surface area contributed by atoms with Crippen LogP contribution in [0.5, 0.6) is 0 Å².